The summed E-state index contributed by atoms with van der Waals surface area (Å²) in [7, 11) is 0. The molecule has 1 N–H and O–H groups in total. The van der Waals surface area contributed by atoms with Gasteiger partial charge in [-0.05, 0) is 35.9 Å². The highest BCUT2D eigenvalue weighted by Gasteiger charge is 2.09. The molecule has 0 spiro atoms. The summed E-state index contributed by atoms with van der Waals surface area (Å²) in [5.74, 6) is 0.213. The highest BCUT2D eigenvalue weighted by molar-refractivity contribution is 5.97. The average molecular weight is 246 g/mol. The molecular weight excluding hydrogens is 236 g/mol. The highest BCUT2D eigenvalue weighted by atomic mass is 16.3. The van der Waals surface area contributed by atoms with Gasteiger partial charge in [0.2, 0.25) is 0 Å². The van der Waals surface area contributed by atoms with Crippen molar-refractivity contribution in [2.24, 2.45) is 0 Å². The van der Waals surface area contributed by atoms with Gasteiger partial charge in [-0.25, -0.2) is 0 Å². The van der Waals surface area contributed by atoms with E-state index in [4.69, 9.17) is 5.26 Å². The smallest absolute Gasteiger partial charge is 0.124 e. The van der Waals surface area contributed by atoms with Crippen LogP contribution in [0.5, 0.6) is 5.75 Å². The Kier molecular flexibility index (Phi) is 2.62. The molecule has 0 saturated heterocycles. The minimum atomic E-state index is 0.213. The number of nitrogens with zero attached hydrogens (tertiary/aromatic N) is 2. The fourth-order valence-electron chi connectivity index (χ4n) is 2.16. The number of fused-ring (bicyclic) bond motifs is 1. The van der Waals surface area contributed by atoms with Gasteiger partial charge in [0.15, 0.2) is 0 Å². The topological polar surface area (TPSA) is 56.9 Å². The summed E-state index contributed by atoms with van der Waals surface area (Å²) in [5, 5.41) is 19.8. The number of pyridine rings is 1. The van der Waals surface area contributed by atoms with Gasteiger partial charge in [0, 0.05) is 17.1 Å². The van der Waals surface area contributed by atoms with E-state index in [9.17, 15) is 5.11 Å². The molecule has 1 aromatic heterocycles. The third kappa shape index (κ3) is 1.90. The molecule has 0 bridgehead atoms. The van der Waals surface area contributed by atoms with E-state index in [0.717, 1.165) is 22.0 Å². The zero-order valence-corrected chi connectivity index (χ0v) is 10.0. The van der Waals surface area contributed by atoms with Crippen molar-refractivity contribution in [2.75, 3.05) is 0 Å². The van der Waals surface area contributed by atoms with Crippen LogP contribution in [0.2, 0.25) is 0 Å². The van der Waals surface area contributed by atoms with Gasteiger partial charge < -0.3 is 5.11 Å². The van der Waals surface area contributed by atoms with Crippen molar-refractivity contribution < 1.29 is 5.11 Å². The lowest BCUT2D eigenvalue weighted by atomic mass is 9.98. The van der Waals surface area contributed by atoms with Crippen LogP contribution >= 0.6 is 0 Å². The molecule has 0 radical (unpaired) electrons. The van der Waals surface area contributed by atoms with Crippen LogP contribution in [0.25, 0.3) is 22.0 Å². The van der Waals surface area contributed by atoms with E-state index in [1.807, 2.05) is 24.3 Å². The molecule has 3 nitrogen and oxygen atoms in total. The number of hydrogen-bond donors (Lipinski definition) is 1. The van der Waals surface area contributed by atoms with Gasteiger partial charge in [0.1, 0.15) is 5.75 Å². The van der Waals surface area contributed by atoms with E-state index in [1.165, 1.54) is 0 Å². The van der Waals surface area contributed by atoms with Crippen LogP contribution in [0.15, 0.2) is 54.7 Å². The summed E-state index contributed by atoms with van der Waals surface area (Å²) < 4.78 is 0. The van der Waals surface area contributed by atoms with Gasteiger partial charge in [-0.3, -0.25) is 4.98 Å². The molecule has 3 rings (SSSR count). The van der Waals surface area contributed by atoms with E-state index in [-0.39, 0.29) is 5.75 Å². The number of phenolic OH excluding ortho intramolecular Hbond substituents is 1. The van der Waals surface area contributed by atoms with Crippen molar-refractivity contribution in [2.45, 2.75) is 0 Å². The molecular formula is C16H10N2O. The standard InChI is InChI=1S/C16H10N2O/c17-10-11-3-5-12(6-4-11)16-13-2-1-9-18-14(13)7-8-15(16)19/h1-9,19H. The predicted octanol–water partition coefficient (Wildman–Crippen LogP) is 3.48. The van der Waals surface area contributed by atoms with Crippen molar-refractivity contribution in [1.82, 2.24) is 4.98 Å². The molecule has 3 heteroatoms. The van der Waals surface area contributed by atoms with Crippen LogP contribution in [-0.2, 0) is 0 Å². The zero-order chi connectivity index (χ0) is 13.2. The second kappa shape index (κ2) is 4.43. The molecule has 0 aliphatic heterocycles. The molecule has 1 heterocycles. The Morgan fingerprint density at radius 1 is 1.00 bits per heavy atom. The minimum absolute atomic E-state index is 0.213. The minimum Gasteiger partial charge on any atom is -0.507 e. The molecule has 0 unspecified atom stereocenters. The van der Waals surface area contributed by atoms with E-state index in [1.54, 1.807) is 30.5 Å². The monoisotopic (exact) mass is 246 g/mol. The molecule has 2 aromatic carbocycles. The second-order valence-corrected chi connectivity index (χ2v) is 4.22. The number of phenols is 1. The number of benzene rings is 2. The Hall–Kier alpha value is -2.86. The largest absolute Gasteiger partial charge is 0.507 e. The third-order valence-corrected chi connectivity index (χ3v) is 3.07. The Labute approximate surface area is 110 Å². The predicted molar refractivity (Wildman–Crippen MR) is 73.6 cm³/mol. The number of hydrogen-bond acceptors (Lipinski definition) is 3. The van der Waals surface area contributed by atoms with E-state index >= 15 is 0 Å². The van der Waals surface area contributed by atoms with Crippen molar-refractivity contribution >= 4 is 10.9 Å². The van der Waals surface area contributed by atoms with E-state index in [0.29, 0.717) is 5.56 Å². The van der Waals surface area contributed by atoms with Gasteiger partial charge in [0.25, 0.3) is 0 Å². The average Bonchev–Trinajstić information content (AvgIpc) is 2.47. The molecule has 0 saturated carbocycles. The zero-order valence-electron chi connectivity index (χ0n) is 10.0. The normalized spacial score (nSPS) is 10.3. The first kappa shape index (κ1) is 11.2. The van der Waals surface area contributed by atoms with Crippen LogP contribution in [0.3, 0.4) is 0 Å². The van der Waals surface area contributed by atoms with Gasteiger partial charge in [-0.15, -0.1) is 0 Å². The lowest BCUT2D eigenvalue weighted by molar-refractivity contribution is 0.478. The maximum Gasteiger partial charge on any atom is 0.124 e. The molecule has 19 heavy (non-hydrogen) atoms. The van der Waals surface area contributed by atoms with Gasteiger partial charge in [-0.2, -0.15) is 5.26 Å². The quantitative estimate of drug-likeness (QED) is 0.715. The third-order valence-electron chi connectivity index (χ3n) is 3.07. The second-order valence-electron chi connectivity index (χ2n) is 4.22. The Bertz CT molecular complexity index is 786. The number of aromatic nitrogens is 1. The van der Waals surface area contributed by atoms with Gasteiger partial charge in [0.05, 0.1) is 17.1 Å². The van der Waals surface area contributed by atoms with Crippen molar-refractivity contribution in [3.8, 4) is 22.9 Å². The van der Waals surface area contributed by atoms with Crippen molar-refractivity contribution in [3.63, 3.8) is 0 Å². The fourth-order valence-corrected chi connectivity index (χ4v) is 2.16. The van der Waals surface area contributed by atoms with Gasteiger partial charge >= 0.3 is 0 Å². The van der Waals surface area contributed by atoms with Crippen molar-refractivity contribution in [1.29, 1.82) is 5.26 Å². The molecule has 0 amide bonds. The first-order valence-corrected chi connectivity index (χ1v) is 5.87. The Balaban J connectivity index is 2.29. The van der Waals surface area contributed by atoms with Crippen LogP contribution in [0.4, 0.5) is 0 Å². The van der Waals surface area contributed by atoms with E-state index in [2.05, 4.69) is 11.1 Å². The molecule has 3 aromatic rings. The number of rotatable bonds is 1. The maximum absolute atomic E-state index is 10.1. The lowest BCUT2D eigenvalue weighted by Crippen LogP contribution is -1.85. The molecule has 0 fully saturated rings. The summed E-state index contributed by atoms with van der Waals surface area (Å²) in [6.45, 7) is 0. The highest BCUT2D eigenvalue weighted by Crippen LogP contribution is 2.35. The Morgan fingerprint density at radius 3 is 2.53 bits per heavy atom. The summed E-state index contributed by atoms with van der Waals surface area (Å²) in [4.78, 5) is 4.28. The summed E-state index contributed by atoms with van der Waals surface area (Å²) in [6, 6.07) is 16.4. The first-order chi connectivity index (χ1) is 9.29. The fraction of sp³-hybridized carbons (Fsp3) is 0. The summed E-state index contributed by atoms with van der Waals surface area (Å²) >= 11 is 0. The molecule has 0 aliphatic rings. The number of nitriles is 1. The summed E-state index contributed by atoms with van der Waals surface area (Å²) in [5.41, 5.74) is 3.05. The first-order valence-electron chi connectivity index (χ1n) is 5.87. The van der Waals surface area contributed by atoms with Crippen LogP contribution in [0, 0.1) is 11.3 Å². The maximum atomic E-state index is 10.1. The van der Waals surface area contributed by atoms with Crippen molar-refractivity contribution in [3.05, 3.63) is 60.3 Å². The SMILES string of the molecule is N#Cc1ccc(-c2c(O)ccc3ncccc23)cc1. The Morgan fingerprint density at radius 2 is 1.79 bits per heavy atom. The summed E-state index contributed by atoms with van der Waals surface area (Å²) in [6.07, 6.45) is 1.72. The lowest BCUT2D eigenvalue weighted by Gasteiger charge is -2.08. The van der Waals surface area contributed by atoms with E-state index < -0.39 is 0 Å². The molecule has 90 valence electrons. The van der Waals surface area contributed by atoms with Crippen LogP contribution in [-0.4, -0.2) is 10.1 Å². The molecule has 0 aliphatic carbocycles. The molecule has 0 atom stereocenters. The van der Waals surface area contributed by atoms with Gasteiger partial charge in [-0.1, -0.05) is 18.2 Å². The number of aromatic hydroxyl groups is 1. The van der Waals surface area contributed by atoms with Crippen LogP contribution in [0.1, 0.15) is 5.56 Å². The van der Waals surface area contributed by atoms with Crippen LogP contribution < -0.4 is 0 Å².